The topological polar surface area (TPSA) is 29.5 Å². The summed E-state index contributed by atoms with van der Waals surface area (Å²) in [5.74, 6) is 0. The molecule has 0 saturated heterocycles. The molecule has 0 rings (SSSR count). The molecule has 2 nitrogen and oxygen atoms in total. The maximum absolute atomic E-state index is 8.33. The van der Waals surface area contributed by atoms with Gasteiger partial charge in [0.15, 0.2) is 9.76 Å². The van der Waals surface area contributed by atoms with Gasteiger partial charge in [-0.2, -0.15) is 0 Å². The van der Waals surface area contributed by atoms with Crippen LogP contribution in [0.4, 0.5) is 0 Å². The monoisotopic (exact) mass is 134 g/mol. The van der Waals surface area contributed by atoms with Crippen LogP contribution >= 0.6 is 0 Å². The second-order valence-corrected chi connectivity index (χ2v) is 3.15. The van der Waals surface area contributed by atoms with Crippen LogP contribution in [0.2, 0.25) is 6.04 Å². The number of hydrogen-bond donors (Lipinski definition) is 1. The van der Waals surface area contributed by atoms with E-state index in [2.05, 4.69) is 0 Å². The van der Waals surface area contributed by atoms with Crippen molar-refractivity contribution in [1.82, 2.24) is 0 Å². The molecular formula is C5H14O2Si. The molecule has 8 heavy (non-hydrogen) atoms. The van der Waals surface area contributed by atoms with Crippen molar-refractivity contribution >= 4 is 9.76 Å². The first-order valence-electron chi connectivity index (χ1n) is 3.10. The van der Waals surface area contributed by atoms with Gasteiger partial charge in [0.1, 0.15) is 0 Å². The van der Waals surface area contributed by atoms with E-state index in [4.69, 9.17) is 9.53 Å². The number of aliphatic hydroxyl groups is 1. The highest BCUT2D eigenvalue weighted by Crippen LogP contribution is 1.85. The lowest BCUT2D eigenvalue weighted by Crippen LogP contribution is -1.97. The fourth-order valence-electron chi connectivity index (χ4n) is 0.460. The fourth-order valence-corrected chi connectivity index (χ4v) is 1.38. The highest BCUT2D eigenvalue weighted by Gasteiger charge is 1.84. The minimum absolute atomic E-state index is 0.260. The summed E-state index contributed by atoms with van der Waals surface area (Å²) in [6, 6.07) is 1.12. The second-order valence-electron chi connectivity index (χ2n) is 1.63. The van der Waals surface area contributed by atoms with E-state index in [1.807, 2.05) is 6.92 Å². The zero-order valence-electron chi connectivity index (χ0n) is 5.39. The Hall–Kier alpha value is 0.137. The van der Waals surface area contributed by atoms with Crippen LogP contribution in [0.15, 0.2) is 0 Å². The lowest BCUT2D eigenvalue weighted by Gasteiger charge is -1.95. The van der Waals surface area contributed by atoms with Crippen molar-refractivity contribution in [3.63, 3.8) is 0 Å². The molecular weight excluding hydrogens is 120 g/mol. The molecule has 0 aliphatic heterocycles. The predicted octanol–water partition coefficient (Wildman–Crippen LogP) is -0.0926. The summed E-state index contributed by atoms with van der Waals surface area (Å²) in [5.41, 5.74) is 0. The molecule has 0 atom stereocenters. The summed E-state index contributed by atoms with van der Waals surface area (Å²) >= 11 is 0. The summed E-state index contributed by atoms with van der Waals surface area (Å²) in [5, 5.41) is 8.33. The van der Waals surface area contributed by atoms with Gasteiger partial charge < -0.3 is 9.53 Å². The van der Waals surface area contributed by atoms with Crippen molar-refractivity contribution in [2.75, 3.05) is 13.2 Å². The van der Waals surface area contributed by atoms with Crippen molar-refractivity contribution in [1.29, 1.82) is 0 Å². The molecule has 0 aliphatic carbocycles. The van der Waals surface area contributed by atoms with Crippen LogP contribution in [0.1, 0.15) is 13.3 Å². The van der Waals surface area contributed by atoms with Crippen LogP contribution in [-0.2, 0) is 4.43 Å². The van der Waals surface area contributed by atoms with E-state index in [-0.39, 0.29) is 9.76 Å². The minimum Gasteiger partial charge on any atom is -0.424 e. The Kier molecular flexibility index (Phi) is 7.26. The Labute approximate surface area is 52.8 Å². The summed E-state index contributed by atoms with van der Waals surface area (Å²) in [7, 11) is -0.260. The fraction of sp³-hybridized carbons (Fsp3) is 1.00. The van der Waals surface area contributed by atoms with Crippen molar-refractivity contribution in [3.05, 3.63) is 0 Å². The van der Waals surface area contributed by atoms with Gasteiger partial charge in [0, 0.05) is 13.2 Å². The Morgan fingerprint density at radius 2 is 2.38 bits per heavy atom. The van der Waals surface area contributed by atoms with Crippen LogP contribution < -0.4 is 0 Å². The molecule has 0 radical (unpaired) electrons. The Bertz CT molecular complexity index is 35.4. The lowest BCUT2D eigenvalue weighted by molar-refractivity contribution is 0.290. The van der Waals surface area contributed by atoms with E-state index in [1.165, 1.54) is 0 Å². The molecule has 3 heteroatoms. The Balaban J connectivity index is 2.53. The third-order valence-electron chi connectivity index (χ3n) is 0.901. The van der Waals surface area contributed by atoms with Crippen molar-refractivity contribution in [3.8, 4) is 0 Å². The minimum atomic E-state index is -0.260. The first-order chi connectivity index (χ1) is 3.91. The average molecular weight is 134 g/mol. The highest BCUT2D eigenvalue weighted by molar-refractivity contribution is 6.26. The van der Waals surface area contributed by atoms with Gasteiger partial charge in [-0.15, -0.1) is 0 Å². The van der Waals surface area contributed by atoms with Crippen molar-refractivity contribution in [2.24, 2.45) is 0 Å². The van der Waals surface area contributed by atoms with Gasteiger partial charge in [0.2, 0.25) is 0 Å². The molecule has 1 N–H and O–H groups in total. The van der Waals surface area contributed by atoms with Gasteiger partial charge in [-0.1, -0.05) is 0 Å². The van der Waals surface area contributed by atoms with Gasteiger partial charge in [-0.3, -0.25) is 0 Å². The molecule has 0 spiro atoms. The normalized spacial score (nSPS) is 11.2. The summed E-state index contributed by atoms with van der Waals surface area (Å²) < 4.78 is 5.16. The van der Waals surface area contributed by atoms with E-state index in [9.17, 15) is 0 Å². The van der Waals surface area contributed by atoms with Crippen LogP contribution in [0.25, 0.3) is 0 Å². The number of hydrogen-bond acceptors (Lipinski definition) is 2. The lowest BCUT2D eigenvalue weighted by atomic mass is 10.5. The second kappa shape index (κ2) is 7.14. The average Bonchev–Trinajstić information content (AvgIpc) is 1.81. The molecule has 0 heterocycles. The first kappa shape index (κ1) is 8.14. The van der Waals surface area contributed by atoms with Gasteiger partial charge in [-0.25, -0.2) is 0 Å². The van der Waals surface area contributed by atoms with Crippen molar-refractivity contribution < 1.29 is 9.53 Å². The summed E-state index contributed by atoms with van der Waals surface area (Å²) in [6.45, 7) is 3.17. The summed E-state index contributed by atoms with van der Waals surface area (Å²) in [6.07, 6.45) is 0.923. The molecule has 0 aromatic carbocycles. The first-order valence-corrected chi connectivity index (χ1v) is 4.68. The molecule has 0 saturated carbocycles. The van der Waals surface area contributed by atoms with Crippen LogP contribution in [-0.4, -0.2) is 28.1 Å². The molecule has 0 fully saturated rings. The molecule has 0 aromatic rings. The Morgan fingerprint density at radius 1 is 1.62 bits per heavy atom. The van der Waals surface area contributed by atoms with E-state index in [0.717, 1.165) is 19.1 Å². The molecule has 0 aromatic heterocycles. The molecule has 0 amide bonds. The van der Waals surface area contributed by atoms with Gasteiger partial charge in [-0.05, 0) is 19.4 Å². The van der Waals surface area contributed by atoms with Crippen LogP contribution in [0, 0.1) is 0 Å². The smallest absolute Gasteiger partial charge is 0.161 e. The van der Waals surface area contributed by atoms with Crippen LogP contribution in [0.3, 0.4) is 0 Å². The summed E-state index contributed by atoms with van der Waals surface area (Å²) in [4.78, 5) is 0. The largest absolute Gasteiger partial charge is 0.424 e. The highest BCUT2D eigenvalue weighted by atomic mass is 28.2. The van der Waals surface area contributed by atoms with Crippen molar-refractivity contribution in [2.45, 2.75) is 19.4 Å². The quantitative estimate of drug-likeness (QED) is 0.420. The maximum Gasteiger partial charge on any atom is 0.161 e. The van der Waals surface area contributed by atoms with E-state index in [1.54, 1.807) is 0 Å². The molecule has 50 valence electrons. The van der Waals surface area contributed by atoms with E-state index >= 15 is 0 Å². The molecule has 0 bridgehead atoms. The van der Waals surface area contributed by atoms with Gasteiger partial charge >= 0.3 is 0 Å². The standard InChI is InChI=1S/C5H14O2Si/c1-2-7-8-5-3-4-6/h6H,2-5,8H2,1H3. The third-order valence-corrected chi connectivity index (χ3v) is 2.39. The SMILES string of the molecule is CCO[SiH2]CCCO. The van der Waals surface area contributed by atoms with E-state index < -0.39 is 0 Å². The number of rotatable bonds is 5. The zero-order chi connectivity index (χ0) is 6.24. The zero-order valence-corrected chi connectivity index (χ0v) is 6.81. The third kappa shape index (κ3) is 6.14. The van der Waals surface area contributed by atoms with Gasteiger partial charge in [0.25, 0.3) is 0 Å². The molecule has 0 unspecified atom stereocenters. The predicted molar refractivity (Wildman–Crippen MR) is 36.7 cm³/mol. The maximum atomic E-state index is 8.33. The van der Waals surface area contributed by atoms with E-state index in [0.29, 0.717) is 6.61 Å². The molecule has 0 aliphatic rings. The number of aliphatic hydroxyl groups excluding tert-OH is 1. The van der Waals surface area contributed by atoms with Gasteiger partial charge in [0.05, 0.1) is 0 Å². The Morgan fingerprint density at radius 3 is 2.88 bits per heavy atom. The van der Waals surface area contributed by atoms with Crippen LogP contribution in [0.5, 0.6) is 0 Å².